The number of benzene rings is 1. The first-order valence-corrected chi connectivity index (χ1v) is 7.62. The number of aliphatic imine (C=N–C) groups is 1. The van der Waals surface area contributed by atoms with Gasteiger partial charge in [0.1, 0.15) is 5.75 Å². The Hall–Kier alpha value is -2.23. The Bertz CT molecular complexity index is 674. The van der Waals surface area contributed by atoms with Crippen molar-refractivity contribution in [2.75, 3.05) is 27.2 Å². The molecular formula is C17H23IN4O3. The summed E-state index contributed by atoms with van der Waals surface area (Å²) in [4.78, 5) is 15.8. The van der Waals surface area contributed by atoms with Crippen molar-refractivity contribution in [1.82, 2.24) is 16.0 Å². The Morgan fingerprint density at radius 3 is 2.64 bits per heavy atom. The highest BCUT2D eigenvalue weighted by Gasteiger charge is 2.06. The maximum atomic E-state index is 11.7. The molecule has 0 aliphatic rings. The van der Waals surface area contributed by atoms with Gasteiger partial charge in [0.2, 0.25) is 0 Å². The molecule has 0 aliphatic carbocycles. The molecule has 136 valence electrons. The topological polar surface area (TPSA) is 87.9 Å². The van der Waals surface area contributed by atoms with Gasteiger partial charge in [-0.3, -0.25) is 9.79 Å². The quantitative estimate of drug-likeness (QED) is 0.256. The van der Waals surface area contributed by atoms with E-state index in [0.717, 1.165) is 11.3 Å². The van der Waals surface area contributed by atoms with Crippen LogP contribution in [0.2, 0.25) is 0 Å². The van der Waals surface area contributed by atoms with Gasteiger partial charge in [0.25, 0.3) is 5.91 Å². The van der Waals surface area contributed by atoms with Gasteiger partial charge in [0, 0.05) is 26.7 Å². The Kier molecular flexibility index (Phi) is 9.45. The molecule has 3 N–H and O–H groups in total. The average molecular weight is 458 g/mol. The van der Waals surface area contributed by atoms with Crippen LogP contribution in [0.3, 0.4) is 0 Å². The van der Waals surface area contributed by atoms with Gasteiger partial charge >= 0.3 is 0 Å². The number of hydrogen-bond acceptors (Lipinski definition) is 4. The van der Waals surface area contributed by atoms with Gasteiger partial charge in [-0.05, 0) is 29.8 Å². The first-order chi connectivity index (χ1) is 11.7. The molecule has 2 rings (SSSR count). The van der Waals surface area contributed by atoms with Gasteiger partial charge in [-0.1, -0.05) is 12.1 Å². The molecule has 2 aromatic rings. The number of methoxy groups -OCH3 is 1. The fourth-order valence-corrected chi connectivity index (χ4v) is 2.04. The molecule has 7 nitrogen and oxygen atoms in total. The summed E-state index contributed by atoms with van der Waals surface area (Å²) < 4.78 is 10.2. The largest absolute Gasteiger partial charge is 0.497 e. The van der Waals surface area contributed by atoms with E-state index in [1.54, 1.807) is 26.3 Å². The van der Waals surface area contributed by atoms with Crippen LogP contribution in [-0.2, 0) is 6.54 Å². The van der Waals surface area contributed by atoms with Crippen LogP contribution in [0.5, 0.6) is 5.75 Å². The standard InChI is InChI=1S/C17H22N4O3.HI/c1-18-17(21-12-13-5-3-6-14(11-13)23-2)20-9-8-19-16(22)15-7-4-10-24-15;/h3-7,10-11H,8-9,12H2,1-2H3,(H,19,22)(H2,18,20,21);1H. The number of carbonyl (C=O) groups excluding carboxylic acids is 1. The third kappa shape index (κ3) is 7.04. The van der Waals surface area contributed by atoms with Crippen LogP contribution in [0.15, 0.2) is 52.1 Å². The van der Waals surface area contributed by atoms with E-state index < -0.39 is 0 Å². The third-order valence-electron chi connectivity index (χ3n) is 3.27. The number of carbonyl (C=O) groups is 1. The molecule has 0 aliphatic heterocycles. The summed E-state index contributed by atoms with van der Waals surface area (Å²) in [6.07, 6.45) is 1.47. The van der Waals surface area contributed by atoms with E-state index in [0.29, 0.717) is 31.4 Å². The minimum absolute atomic E-state index is 0. The number of halogens is 1. The number of hydrogen-bond donors (Lipinski definition) is 3. The van der Waals surface area contributed by atoms with Gasteiger partial charge in [-0.15, -0.1) is 24.0 Å². The van der Waals surface area contributed by atoms with Crippen LogP contribution in [0.1, 0.15) is 16.1 Å². The van der Waals surface area contributed by atoms with Gasteiger partial charge < -0.3 is 25.1 Å². The van der Waals surface area contributed by atoms with E-state index in [9.17, 15) is 4.79 Å². The Morgan fingerprint density at radius 1 is 1.16 bits per heavy atom. The molecule has 1 aromatic heterocycles. The highest BCUT2D eigenvalue weighted by atomic mass is 127. The van der Waals surface area contributed by atoms with Gasteiger partial charge in [0.15, 0.2) is 11.7 Å². The fraction of sp³-hybridized carbons (Fsp3) is 0.294. The minimum atomic E-state index is -0.235. The van der Waals surface area contributed by atoms with E-state index in [2.05, 4.69) is 20.9 Å². The minimum Gasteiger partial charge on any atom is -0.497 e. The van der Waals surface area contributed by atoms with Crippen LogP contribution < -0.4 is 20.7 Å². The first-order valence-electron chi connectivity index (χ1n) is 7.62. The molecule has 0 saturated carbocycles. The monoisotopic (exact) mass is 458 g/mol. The Labute approximate surface area is 164 Å². The van der Waals surface area contributed by atoms with Crippen molar-refractivity contribution in [3.05, 3.63) is 54.0 Å². The van der Waals surface area contributed by atoms with Crippen molar-refractivity contribution in [2.24, 2.45) is 4.99 Å². The molecule has 8 heteroatoms. The van der Waals surface area contributed by atoms with Crippen molar-refractivity contribution in [1.29, 1.82) is 0 Å². The van der Waals surface area contributed by atoms with E-state index >= 15 is 0 Å². The van der Waals surface area contributed by atoms with Crippen molar-refractivity contribution < 1.29 is 13.9 Å². The highest BCUT2D eigenvalue weighted by molar-refractivity contribution is 14.0. The Morgan fingerprint density at radius 2 is 1.96 bits per heavy atom. The van der Waals surface area contributed by atoms with Crippen LogP contribution >= 0.6 is 24.0 Å². The molecule has 1 aromatic carbocycles. The van der Waals surface area contributed by atoms with Crippen LogP contribution in [0.4, 0.5) is 0 Å². The van der Waals surface area contributed by atoms with Crippen molar-refractivity contribution >= 4 is 35.8 Å². The summed E-state index contributed by atoms with van der Waals surface area (Å²) >= 11 is 0. The molecule has 0 unspecified atom stereocenters. The zero-order chi connectivity index (χ0) is 17.2. The van der Waals surface area contributed by atoms with Crippen LogP contribution in [0, 0.1) is 0 Å². The lowest BCUT2D eigenvalue weighted by molar-refractivity contribution is 0.0926. The second-order valence-corrected chi connectivity index (χ2v) is 4.94. The maximum Gasteiger partial charge on any atom is 0.287 e. The highest BCUT2D eigenvalue weighted by Crippen LogP contribution is 2.11. The van der Waals surface area contributed by atoms with Gasteiger partial charge in [-0.25, -0.2) is 0 Å². The number of amides is 1. The summed E-state index contributed by atoms with van der Waals surface area (Å²) in [5.41, 5.74) is 1.09. The number of rotatable bonds is 7. The number of nitrogens with zero attached hydrogens (tertiary/aromatic N) is 1. The van der Waals surface area contributed by atoms with E-state index in [1.807, 2.05) is 24.3 Å². The molecule has 0 spiro atoms. The number of furan rings is 1. The lowest BCUT2D eigenvalue weighted by atomic mass is 10.2. The number of nitrogens with one attached hydrogen (secondary N) is 3. The zero-order valence-electron chi connectivity index (χ0n) is 14.2. The normalized spacial score (nSPS) is 10.6. The molecular weight excluding hydrogens is 435 g/mol. The molecule has 0 radical (unpaired) electrons. The van der Waals surface area contributed by atoms with Gasteiger partial charge in [0.05, 0.1) is 13.4 Å². The second-order valence-electron chi connectivity index (χ2n) is 4.94. The van der Waals surface area contributed by atoms with Crippen LogP contribution in [0.25, 0.3) is 0 Å². The molecule has 0 atom stereocenters. The first kappa shape index (κ1) is 20.8. The Balaban J connectivity index is 0.00000312. The number of ether oxygens (including phenoxy) is 1. The molecule has 1 heterocycles. The summed E-state index contributed by atoms with van der Waals surface area (Å²) in [7, 11) is 3.34. The summed E-state index contributed by atoms with van der Waals surface area (Å²) in [6, 6.07) is 11.1. The van der Waals surface area contributed by atoms with E-state index in [4.69, 9.17) is 9.15 Å². The van der Waals surface area contributed by atoms with Crippen LogP contribution in [-0.4, -0.2) is 39.1 Å². The molecule has 0 fully saturated rings. The predicted octanol–water partition coefficient (Wildman–Crippen LogP) is 2.00. The molecule has 1 amide bonds. The lowest BCUT2D eigenvalue weighted by Crippen LogP contribution is -2.41. The summed E-state index contributed by atoms with van der Waals surface area (Å²) in [5.74, 6) is 1.54. The average Bonchev–Trinajstić information content (AvgIpc) is 3.16. The van der Waals surface area contributed by atoms with Crippen molar-refractivity contribution in [3.63, 3.8) is 0 Å². The fourth-order valence-electron chi connectivity index (χ4n) is 2.04. The molecule has 0 bridgehead atoms. The van der Waals surface area contributed by atoms with Crippen molar-refractivity contribution in [3.8, 4) is 5.75 Å². The summed E-state index contributed by atoms with van der Waals surface area (Å²) in [5, 5.41) is 9.09. The molecule has 0 saturated heterocycles. The second kappa shape index (κ2) is 11.3. The van der Waals surface area contributed by atoms with E-state index in [1.165, 1.54) is 6.26 Å². The molecule has 25 heavy (non-hydrogen) atoms. The third-order valence-corrected chi connectivity index (χ3v) is 3.27. The lowest BCUT2D eigenvalue weighted by Gasteiger charge is -2.12. The SMILES string of the molecule is CN=C(NCCNC(=O)c1ccco1)NCc1cccc(OC)c1.I. The van der Waals surface area contributed by atoms with E-state index in [-0.39, 0.29) is 29.9 Å². The zero-order valence-corrected chi connectivity index (χ0v) is 16.6. The van der Waals surface area contributed by atoms with Crippen molar-refractivity contribution in [2.45, 2.75) is 6.54 Å². The predicted molar refractivity (Wildman–Crippen MR) is 108 cm³/mol. The summed E-state index contributed by atoms with van der Waals surface area (Å²) in [6.45, 7) is 1.62. The number of guanidine groups is 1. The van der Waals surface area contributed by atoms with Gasteiger partial charge in [-0.2, -0.15) is 0 Å². The maximum absolute atomic E-state index is 11.7. The smallest absolute Gasteiger partial charge is 0.287 e.